The maximum Gasteiger partial charge on any atom is 0.308 e. The Morgan fingerprint density at radius 2 is 1.69 bits per heavy atom. The van der Waals surface area contributed by atoms with Gasteiger partial charge in [0, 0.05) is 0 Å². The molecule has 0 aliphatic carbocycles. The molecule has 0 bridgehead atoms. The minimum atomic E-state index is -0.597. The Labute approximate surface area is 162 Å². The molecular weight excluding hydrogens is 377 g/mol. The molecule has 0 saturated carbocycles. The highest BCUT2D eigenvalue weighted by atomic mass is 35.5. The normalized spacial score (nSPS) is 11.5. The Balaban J connectivity index is 2.27. The van der Waals surface area contributed by atoms with Gasteiger partial charge in [0.1, 0.15) is 5.75 Å². The number of carbonyl (C=O) groups is 2. The van der Waals surface area contributed by atoms with Crippen molar-refractivity contribution in [2.45, 2.75) is 19.4 Å². The highest BCUT2D eigenvalue weighted by molar-refractivity contribution is 6.39. The first-order valence-electron chi connectivity index (χ1n) is 8.00. The monoisotopic (exact) mass is 395 g/mol. The van der Waals surface area contributed by atoms with Crippen LogP contribution >= 0.6 is 23.2 Å². The second kappa shape index (κ2) is 9.46. The number of halogens is 2. The van der Waals surface area contributed by atoms with Crippen molar-refractivity contribution >= 4 is 35.1 Å². The van der Waals surface area contributed by atoms with E-state index < -0.39 is 17.9 Å². The molecule has 138 valence electrons. The summed E-state index contributed by atoms with van der Waals surface area (Å²) in [6, 6.07) is 11.3. The third kappa shape index (κ3) is 5.13. The molecule has 7 heteroatoms. The zero-order valence-electron chi connectivity index (χ0n) is 14.4. The maximum atomic E-state index is 12.7. The molecule has 0 radical (unpaired) electrons. The Kier molecular flexibility index (Phi) is 7.30. The van der Waals surface area contributed by atoms with Crippen molar-refractivity contribution in [1.82, 2.24) is 5.32 Å². The second-order valence-corrected chi connectivity index (χ2v) is 6.22. The molecule has 0 aromatic heterocycles. The van der Waals surface area contributed by atoms with Gasteiger partial charge in [0.05, 0.1) is 41.8 Å². The number of carbonyl (C=O) groups excluding carboxylic acids is 2. The van der Waals surface area contributed by atoms with Crippen LogP contribution in [-0.4, -0.2) is 25.6 Å². The van der Waals surface area contributed by atoms with Crippen LogP contribution in [0.25, 0.3) is 0 Å². The largest absolute Gasteiger partial charge is 0.497 e. The first-order valence-corrected chi connectivity index (χ1v) is 8.76. The summed E-state index contributed by atoms with van der Waals surface area (Å²) >= 11 is 12.2. The predicted molar refractivity (Wildman–Crippen MR) is 101 cm³/mol. The van der Waals surface area contributed by atoms with Gasteiger partial charge in [-0.25, -0.2) is 0 Å². The average Bonchev–Trinajstić information content (AvgIpc) is 2.61. The van der Waals surface area contributed by atoms with Gasteiger partial charge in [-0.15, -0.1) is 0 Å². The lowest BCUT2D eigenvalue weighted by Crippen LogP contribution is -2.31. The molecule has 0 aliphatic heterocycles. The quantitative estimate of drug-likeness (QED) is 0.704. The van der Waals surface area contributed by atoms with Gasteiger partial charge in [-0.2, -0.15) is 0 Å². The molecule has 1 amide bonds. The van der Waals surface area contributed by atoms with Gasteiger partial charge in [-0.05, 0) is 36.8 Å². The van der Waals surface area contributed by atoms with Crippen LogP contribution in [-0.2, 0) is 9.53 Å². The lowest BCUT2D eigenvalue weighted by Gasteiger charge is -2.19. The number of hydrogen-bond acceptors (Lipinski definition) is 4. The molecule has 0 heterocycles. The van der Waals surface area contributed by atoms with Crippen molar-refractivity contribution in [1.29, 1.82) is 0 Å². The first-order chi connectivity index (χ1) is 12.5. The standard InChI is InChI=1S/C19H19Cl2NO4/c1-3-26-17(23)11-16(12-7-9-13(25-2)10-8-12)22-19(24)18-14(20)5-4-6-15(18)21/h4-10,16H,3,11H2,1-2H3,(H,22,24)/t16-/m1/s1. The summed E-state index contributed by atoms with van der Waals surface area (Å²) in [5, 5.41) is 3.28. The lowest BCUT2D eigenvalue weighted by molar-refractivity contribution is -0.143. The van der Waals surface area contributed by atoms with Gasteiger partial charge < -0.3 is 14.8 Å². The van der Waals surface area contributed by atoms with Crippen molar-refractivity contribution in [3.63, 3.8) is 0 Å². The van der Waals surface area contributed by atoms with Gasteiger partial charge in [0.2, 0.25) is 0 Å². The Hall–Kier alpha value is -2.24. The SMILES string of the molecule is CCOC(=O)C[C@@H](NC(=O)c1c(Cl)cccc1Cl)c1ccc(OC)cc1. The highest BCUT2D eigenvalue weighted by Gasteiger charge is 2.22. The van der Waals surface area contributed by atoms with Crippen LogP contribution in [0.15, 0.2) is 42.5 Å². The Morgan fingerprint density at radius 1 is 1.08 bits per heavy atom. The van der Waals surface area contributed by atoms with Gasteiger partial charge in [-0.3, -0.25) is 9.59 Å². The van der Waals surface area contributed by atoms with E-state index in [-0.39, 0.29) is 28.6 Å². The van der Waals surface area contributed by atoms with Crippen molar-refractivity contribution in [2.24, 2.45) is 0 Å². The van der Waals surface area contributed by atoms with E-state index in [1.807, 2.05) is 0 Å². The summed E-state index contributed by atoms with van der Waals surface area (Å²) in [7, 11) is 1.56. The van der Waals surface area contributed by atoms with E-state index in [2.05, 4.69) is 5.32 Å². The average molecular weight is 396 g/mol. The van der Waals surface area contributed by atoms with Crippen molar-refractivity contribution in [2.75, 3.05) is 13.7 Å². The molecule has 2 aromatic carbocycles. The van der Waals surface area contributed by atoms with Crippen LogP contribution in [0.5, 0.6) is 5.75 Å². The van der Waals surface area contributed by atoms with Crippen molar-refractivity contribution < 1.29 is 19.1 Å². The van der Waals surface area contributed by atoms with Gasteiger partial charge in [0.25, 0.3) is 5.91 Å². The summed E-state index contributed by atoms with van der Waals surface area (Å²) in [6.07, 6.45) is -0.0199. The summed E-state index contributed by atoms with van der Waals surface area (Å²) < 4.78 is 10.1. The van der Waals surface area contributed by atoms with E-state index in [0.29, 0.717) is 5.75 Å². The zero-order valence-corrected chi connectivity index (χ0v) is 15.9. The predicted octanol–water partition coefficient (Wildman–Crippen LogP) is 4.43. The smallest absolute Gasteiger partial charge is 0.308 e. The van der Waals surface area contributed by atoms with Crippen LogP contribution in [0, 0.1) is 0 Å². The first kappa shape index (κ1) is 20.1. The number of rotatable bonds is 7. The molecule has 26 heavy (non-hydrogen) atoms. The van der Waals surface area contributed by atoms with Gasteiger partial charge >= 0.3 is 5.97 Å². The third-order valence-corrected chi connectivity index (χ3v) is 4.32. The molecule has 5 nitrogen and oxygen atoms in total. The fourth-order valence-electron chi connectivity index (χ4n) is 2.42. The number of ether oxygens (including phenoxy) is 2. The fourth-order valence-corrected chi connectivity index (χ4v) is 2.99. The maximum absolute atomic E-state index is 12.7. The lowest BCUT2D eigenvalue weighted by atomic mass is 10.0. The number of methoxy groups -OCH3 is 1. The van der Waals surface area contributed by atoms with E-state index in [1.54, 1.807) is 56.5 Å². The van der Waals surface area contributed by atoms with Gasteiger partial charge in [-0.1, -0.05) is 41.4 Å². The summed E-state index contributed by atoms with van der Waals surface area (Å²) in [5.74, 6) is -0.214. The van der Waals surface area contributed by atoms with Crippen LogP contribution in [0.1, 0.15) is 35.3 Å². The van der Waals surface area contributed by atoms with Crippen LogP contribution < -0.4 is 10.1 Å². The molecule has 0 spiro atoms. The number of amides is 1. The molecule has 1 N–H and O–H groups in total. The van der Waals surface area contributed by atoms with Crippen LogP contribution in [0.4, 0.5) is 0 Å². The van der Waals surface area contributed by atoms with Crippen LogP contribution in [0.3, 0.4) is 0 Å². The molecule has 0 fully saturated rings. The summed E-state index contributed by atoms with van der Waals surface area (Å²) in [5.41, 5.74) is 0.897. The third-order valence-electron chi connectivity index (χ3n) is 3.69. The number of benzene rings is 2. The minimum Gasteiger partial charge on any atom is -0.497 e. The Morgan fingerprint density at radius 3 is 2.23 bits per heavy atom. The van der Waals surface area contributed by atoms with E-state index in [4.69, 9.17) is 32.7 Å². The van der Waals surface area contributed by atoms with Crippen molar-refractivity contribution in [3.05, 3.63) is 63.6 Å². The van der Waals surface area contributed by atoms with E-state index in [0.717, 1.165) is 5.56 Å². The van der Waals surface area contributed by atoms with E-state index in [1.165, 1.54) is 0 Å². The van der Waals surface area contributed by atoms with E-state index in [9.17, 15) is 9.59 Å². The molecule has 0 aliphatic rings. The van der Waals surface area contributed by atoms with Crippen LogP contribution in [0.2, 0.25) is 10.0 Å². The molecular formula is C19H19Cl2NO4. The van der Waals surface area contributed by atoms with Gasteiger partial charge in [0.15, 0.2) is 0 Å². The molecule has 1 atom stereocenters. The number of hydrogen-bond donors (Lipinski definition) is 1. The highest BCUT2D eigenvalue weighted by Crippen LogP contribution is 2.26. The molecule has 2 rings (SSSR count). The topological polar surface area (TPSA) is 64.6 Å². The second-order valence-electron chi connectivity index (χ2n) is 5.41. The summed E-state index contributed by atoms with van der Waals surface area (Å²) in [6.45, 7) is 1.99. The van der Waals surface area contributed by atoms with Crippen molar-refractivity contribution in [3.8, 4) is 5.75 Å². The minimum absolute atomic E-state index is 0.0199. The number of nitrogens with one attached hydrogen (secondary N) is 1. The van der Waals surface area contributed by atoms with E-state index >= 15 is 0 Å². The fraction of sp³-hybridized carbons (Fsp3) is 0.263. The number of esters is 1. The molecule has 0 saturated heterocycles. The zero-order chi connectivity index (χ0) is 19.1. The summed E-state index contributed by atoms with van der Waals surface area (Å²) in [4.78, 5) is 24.6. The molecule has 2 aromatic rings. The molecule has 0 unspecified atom stereocenters. The Bertz CT molecular complexity index is 757.